The molecule has 2 aliphatic carbocycles. The van der Waals surface area contributed by atoms with Crippen LogP contribution >= 0.6 is 0 Å². The Hall–Kier alpha value is -2.33. The second-order valence-electron chi connectivity index (χ2n) is 9.72. The van der Waals surface area contributed by atoms with Gasteiger partial charge in [-0.3, -0.25) is 4.79 Å². The zero-order chi connectivity index (χ0) is 20.1. The Bertz CT molecular complexity index is 934. The van der Waals surface area contributed by atoms with Crippen molar-refractivity contribution in [1.82, 2.24) is 10.2 Å². The Morgan fingerprint density at radius 3 is 2.53 bits per heavy atom. The largest absolute Gasteiger partial charge is 0.339 e. The molecule has 30 heavy (non-hydrogen) atoms. The number of amides is 1. The van der Waals surface area contributed by atoms with Crippen LogP contribution in [0.5, 0.6) is 0 Å². The predicted molar refractivity (Wildman–Crippen MR) is 119 cm³/mol. The lowest BCUT2D eigenvalue weighted by Gasteiger charge is -2.45. The van der Waals surface area contributed by atoms with E-state index >= 15 is 0 Å². The van der Waals surface area contributed by atoms with E-state index in [4.69, 9.17) is 0 Å². The molecule has 4 heteroatoms. The smallest absolute Gasteiger partial charge is 0.247 e. The maximum absolute atomic E-state index is 12.9. The number of carbonyl (C=O) groups is 1. The summed E-state index contributed by atoms with van der Waals surface area (Å²) in [7, 11) is 0. The summed E-state index contributed by atoms with van der Waals surface area (Å²) in [4.78, 5) is 18.0. The van der Waals surface area contributed by atoms with Gasteiger partial charge in [0.1, 0.15) is 5.54 Å². The Morgan fingerprint density at radius 2 is 1.70 bits per heavy atom. The molecule has 1 unspecified atom stereocenters. The van der Waals surface area contributed by atoms with Gasteiger partial charge in [-0.1, -0.05) is 42.5 Å². The van der Waals surface area contributed by atoms with E-state index in [1.165, 1.54) is 25.7 Å². The molecule has 0 bridgehead atoms. The Kier molecular flexibility index (Phi) is 4.38. The van der Waals surface area contributed by atoms with Gasteiger partial charge in [0.15, 0.2) is 0 Å². The highest BCUT2D eigenvalue weighted by Gasteiger charge is 2.51. The summed E-state index contributed by atoms with van der Waals surface area (Å²) in [6.07, 6.45) is 7.08. The number of hydrogen-bond donors (Lipinski definition) is 1. The molecular weight excluding hydrogens is 370 g/mol. The van der Waals surface area contributed by atoms with Gasteiger partial charge in [-0.25, -0.2) is 0 Å². The van der Waals surface area contributed by atoms with Crippen LogP contribution in [0.1, 0.15) is 49.1 Å². The molecule has 4 nitrogen and oxygen atoms in total. The van der Waals surface area contributed by atoms with Gasteiger partial charge in [-0.05, 0) is 73.6 Å². The maximum atomic E-state index is 12.9. The van der Waals surface area contributed by atoms with E-state index < -0.39 is 0 Å². The molecule has 2 heterocycles. The number of aryl methyl sites for hydroxylation is 1. The lowest BCUT2D eigenvalue weighted by molar-refractivity contribution is -0.125. The van der Waals surface area contributed by atoms with Crippen molar-refractivity contribution in [3.05, 3.63) is 65.7 Å². The number of fused-ring (bicyclic) bond motifs is 3. The lowest BCUT2D eigenvalue weighted by atomic mass is 9.77. The predicted octanol–water partition coefficient (Wildman–Crippen LogP) is 3.92. The number of likely N-dealkylation sites (tertiary alicyclic amines) is 1. The molecule has 2 aromatic carbocycles. The van der Waals surface area contributed by atoms with Crippen LogP contribution in [0.4, 0.5) is 5.69 Å². The molecule has 3 fully saturated rings. The van der Waals surface area contributed by atoms with Gasteiger partial charge in [0.2, 0.25) is 5.91 Å². The lowest BCUT2D eigenvalue weighted by Crippen LogP contribution is -2.57. The molecule has 1 spiro atoms. The molecule has 156 valence electrons. The Labute approximate surface area is 179 Å². The number of hydrogen-bond acceptors (Lipinski definition) is 3. The highest BCUT2D eigenvalue weighted by atomic mass is 16.2. The first-order valence-corrected chi connectivity index (χ1v) is 11.7. The highest BCUT2D eigenvalue weighted by Crippen LogP contribution is 2.49. The zero-order valence-electron chi connectivity index (χ0n) is 17.6. The van der Waals surface area contributed by atoms with E-state index in [9.17, 15) is 4.79 Å². The van der Waals surface area contributed by atoms with Gasteiger partial charge >= 0.3 is 0 Å². The minimum atomic E-state index is -0.365. The average molecular weight is 402 g/mol. The zero-order valence-corrected chi connectivity index (χ0v) is 17.6. The molecule has 1 N–H and O–H groups in total. The van der Waals surface area contributed by atoms with E-state index in [1.807, 2.05) is 6.07 Å². The molecule has 2 saturated heterocycles. The molecule has 6 rings (SSSR count). The van der Waals surface area contributed by atoms with Gasteiger partial charge in [0.05, 0.1) is 6.67 Å². The van der Waals surface area contributed by atoms with Crippen molar-refractivity contribution in [3.8, 4) is 0 Å². The number of nitrogens with zero attached hydrogens (tertiary/aromatic N) is 2. The number of para-hydroxylation sites is 1. The molecular formula is C26H31N3O. The number of carbonyl (C=O) groups excluding carboxylic acids is 1. The van der Waals surface area contributed by atoms with Gasteiger partial charge in [0, 0.05) is 24.8 Å². The van der Waals surface area contributed by atoms with Crippen molar-refractivity contribution < 1.29 is 4.79 Å². The van der Waals surface area contributed by atoms with Gasteiger partial charge in [-0.2, -0.15) is 0 Å². The van der Waals surface area contributed by atoms with E-state index in [0.717, 1.165) is 43.5 Å². The number of piperidine rings is 1. The molecule has 1 amide bonds. The summed E-state index contributed by atoms with van der Waals surface area (Å²) in [6, 6.07) is 20.2. The summed E-state index contributed by atoms with van der Waals surface area (Å²) < 4.78 is 0. The Balaban J connectivity index is 1.18. The van der Waals surface area contributed by atoms with Crippen LogP contribution in [0, 0.1) is 5.92 Å². The second-order valence-corrected chi connectivity index (χ2v) is 9.72. The molecule has 4 aliphatic rings. The average Bonchev–Trinajstić information content (AvgIpc) is 3.37. The van der Waals surface area contributed by atoms with Crippen LogP contribution in [0.3, 0.4) is 0 Å². The van der Waals surface area contributed by atoms with E-state index in [2.05, 4.69) is 63.6 Å². The van der Waals surface area contributed by atoms with Crippen molar-refractivity contribution in [2.75, 3.05) is 24.7 Å². The maximum Gasteiger partial charge on any atom is 0.247 e. The first-order valence-electron chi connectivity index (χ1n) is 11.7. The Morgan fingerprint density at radius 1 is 0.933 bits per heavy atom. The summed E-state index contributed by atoms with van der Waals surface area (Å²) in [5, 5.41) is 3.13. The minimum Gasteiger partial charge on any atom is -0.339 e. The quantitative estimate of drug-likeness (QED) is 0.828. The van der Waals surface area contributed by atoms with Crippen LogP contribution in [0.2, 0.25) is 0 Å². The van der Waals surface area contributed by atoms with E-state index in [0.29, 0.717) is 12.7 Å². The van der Waals surface area contributed by atoms with Crippen LogP contribution < -0.4 is 10.2 Å². The topological polar surface area (TPSA) is 35.6 Å². The fraction of sp³-hybridized carbons (Fsp3) is 0.500. The number of rotatable bonds is 2. The third-order valence-corrected chi connectivity index (χ3v) is 8.46. The second kappa shape index (κ2) is 7.12. The fourth-order valence-electron chi connectivity index (χ4n) is 6.85. The van der Waals surface area contributed by atoms with Crippen molar-refractivity contribution in [2.24, 2.45) is 5.92 Å². The van der Waals surface area contributed by atoms with Crippen LogP contribution in [-0.2, 0) is 11.2 Å². The summed E-state index contributed by atoms with van der Waals surface area (Å²) in [6.45, 7) is 2.69. The molecule has 3 atom stereocenters. The molecule has 0 radical (unpaired) electrons. The molecule has 0 aromatic heterocycles. The van der Waals surface area contributed by atoms with E-state index in [1.54, 1.807) is 11.1 Å². The van der Waals surface area contributed by atoms with Gasteiger partial charge in [-0.15, -0.1) is 0 Å². The number of nitrogens with one attached hydrogen (secondary N) is 1. The minimum absolute atomic E-state index is 0.222. The molecule has 2 aromatic rings. The van der Waals surface area contributed by atoms with Gasteiger partial charge in [0.25, 0.3) is 0 Å². The SMILES string of the molecule is O=C1NCN(c2ccccc2)C12CCN(C1C[C@H]3CCc4ccccc4[C@H]3C1)CC2. The first-order chi connectivity index (χ1) is 14.7. The van der Waals surface area contributed by atoms with Crippen molar-refractivity contribution in [3.63, 3.8) is 0 Å². The number of benzene rings is 2. The summed E-state index contributed by atoms with van der Waals surface area (Å²) in [5.41, 5.74) is 4.00. The standard InChI is InChI=1S/C26H31N3O/c30-25-26(29(18-27-25)21-7-2-1-3-8-21)12-14-28(15-13-26)22-16-20-11-10-19-6-4-5-9-23(19)24(20)17-22/h1-9,20,22,24H,10-18H2,(H,27,30)/t20-,22?,24+/m1/s1. The van der Waals surface area contributed by atoms with Gasteiger partial charge < -0.3 is 15.1 Å². The summed E-state index contributed by atoms with van der Waals surface area (Å²) in [5.74, 6) is 1.81. The monoisotopic (exact) mass is 401 g/mol. The molecule has 1 saturated carbocycles. The van der Waals surface area contributed by atoms with E-state index in [-0.39, 0.29) is 11.4 Å². The third-order valence-electron chi connectivity index (χ3n) is 8.46. The van der Waals surface area contributed by atoms with Crippen LogP contribution in [0.15, 0.2) is 54.6 Å². The first kappa shape index (κ1) is 18.4. The summed E-state index contributed by atoms with van der Waals surface area (Å²) >= 11 is 0. The van der Waals surface area contributed by atoms with Crippen molar-refractivity contribution >= 4 is 11.6 Å². The van der Waals surface area contributed by atoms with Crippen molar-refractivity contribution in [2.45, 2.75) is 56.0 Å². The van der Waals surface area contributed by atoms with Crippen LogP contribution in [0.25, 0.3) is 0 Å². The third kappa shape index (κ3) is 2.80. The number of anilines is 1. The highest BCUT2D eigenvalue weighted by molar-refractivity contribution is 5.93. The molecule has 2 aliphatic heterocycles. The van der Waals surface area contributed by atoms with Crippen molar-refractivity contribution in [1.29, 1.82) is 0 Å². The van der Waals surface area contributed by atoms with Crippen LogP contribution in [-0.4, -0.2) is 42.1 Å². The normalized spacial score (nSPS) is 30.2. The fourth-order valence-corrected chi connectivity index (χ4v) is 6.85.